The highest BCUT2D eigenvalue weighted by Gasteiger charge is 2.16. The molecule has 0 aliphatic carbocycles. The van der Waals surface area contributed by atoms with Crippen LogP contribution >= 0.6 is 0 Å². The van der Waals surface area contributed by atoms with Gasteiger partial charge in [-0.1, -0.05) is 72.3 Å². The Bertz CT molecular complexity index is 1480. The van der Waals surface area contributed by atoms with Crippen LogP contribution in [0, 0.1) is 13.8 Å². The van der Waals surface area contributed by atoms with E-state index in [1.165, 1.54) is 0 Å². The second kappa shape index (κ2) is 9.82. The van der Waals surface area contributed by atoms with Crippen molar-refractivity contribution in [3.8, 4) is 17.0 Å². The van der Waals surface area contributed by atoms with Gasteiger partial charge in [0.15, 0.2) is 0 Å². The molecule has 4 aromatic carbocycles. The summed E-state index contributed by atoms with van der Waals surface area (Å²) in [6.07, 6.45) is 0. The summed E-state index contributed by atoms with van der Waals surface area (Å²) in [7, 11) is 0. The average molecular weight is 459 g/mol. The number of carbonyl (C=O) groups is 1. The van der Waals surface area contributed by atoms with Crippen LogP contribution in [0.3, 0.4) is 0 Å². The van der Waals surface area contributed by atoms with E-state index in [1.807, 2.05) is 111 Å². The van der Waals surface area contributed by atoms with E-state index in [0.717, 1.165) is 44.6 Å². The number of amides is 1. The molecule has 0 aliphatic heterocycles. The molecule has 0 atom stereocenters. The lowest BCUT2D eigenvalue weighted by Crippen LogP contribution is -2.13. The summed E-state index contributed by atoms with van der Waals surface area (Å²) in [5, 5.41) is 3.90. The number of aromatic nitrogens is 1. The minimum absolute atomic E-state index is 0.169. The second-order valence-electron chi connectivity index (χ2n) is 8.65. The van der Waals surface area contributed by atoms with Crippen molar-refractivity contribution in [3.63, 3.8) is 0 Å². The number of pyridine rings is 1. The van der Waals surface area contributed by atoms with E-state index in [4.69, 9.17) is 9.72 Å². The number of ether oxygens (including phenoxy) is 1. The zero-order valence-electron chi connectivity index (χ0n) is 19.8. The SMILES string of the molecule is Cc1cc(C)c2nc(-c3ccccc3)cc(C(=O)Nc3ccc(OCc4ccccc4)cc3)c2c1. The van der Waals surface area contributed by atoms with Crippen LogP contribution in [0.4, 0.5) is 5.69 Å². The highest BCUT2D eigenvalue weighted by atomic mass is 16.5. The summed E-state index contributed by atoms with van der Waals surface area (Å²) in [4.78, 5) is 18.4. The van der Waals surface area contributed by atoms with Crippen molar-refractivity contribution < 1.29 is 9.53 Å². The van der Waals surface area contributed by atoms with E-state index >= 15 is 0 Å². The monoisotopic (exact) mass is 458 g/mol. The van der Waals surface area contributed by atoms with Crippen molar-refractivity contribution in [2.45, 2.75) is 20.5 Å². The fourth-order valence-electron chi connectivity index (χ4n) is 4.20. The van der Waals surface area contributed by atoms with Gasteiger partial charge in [0.05, 0.1) is 16.8 Å². The van der Waals surface area contributed by atoms with Crippen molar-refractivity contribution in [1.29, 1.82) is 0 Å². The molecule has 4 heteroatoms. The number of aryl methyl sites for hydroxylation is 2. The number of nitrogens with one attached hydrogen (secondary N) is 1. The van der Waals surface area contributed by atoms with Crippen LogP contribution < -0.4 is 10.1 Å². The van der Waals surface area contributed by atoms with Crippen LogP contribution in [0.2, 0.25) is 0 Å². The van der Waals surface area contributed by atoms with Gasteiger partial charge in [0.2, 0.25) is 0 Å². The predicted molar refractivity (Wildman–Crippen MR) is 142 cm³/mol. The molecule has 0 unspecified atom stereocenters. The first kappa shape index (κ1) is 22.4. The third-order valence-electron chi connectivity index (χ3n) is 5.92. The number of rotatable bonds is 6. The van der Waals surface area contributed by atoms with E-state index in [-0.39, 0.29) is 5.91 Å². The molecule has 0 saturated carbocycles. The molecule has 172 valence electrons. The Labute approximate surface area is 205 Å². The highest BCUT2D eigenvalue weighted by Crippen LogP contribution is 2.29. The number of fused-ring (bicyclic) bond motifs is 1. The van der Waals surface area contributed by atoms with Crippen LogP contribution in [0.25, 0.3) is 22.2 Å². The minimum Gasteiger partial charge on any atom is -0.489 e. The van der Waals surface area contributed by atoms with Gasteiger partial charge in [-0.15, -0.1) is 0 Å². The first-order valence-electron chi connectivity index (χ1n) is 11.6. The van der Waals surface area contributed by atoms with Crippen molar-refractivity contribution in [2.24, 2.45) is 0 Å². The molecule has 4 nitrogen and oxygen atoms in total. The van der Waals surface area contributed by atoms with Gasteiger partial charge in [-0.25, -0.2) is 4.98 Å². The van der Waals surface area contributed by atoms with Gasteiger partial charge in [-0.2, -0.15) is 0 Å². The Morgan fingerprint density at radius 1 is 0.829 bits per heavy atom. The van der Waals surface area contributed by atoms with E-state index in [1.54, 1.807) is 0 Å². The number of nitrogens with zero attached hydrogens (tertiary/aromatic N) is 1. The van der Waals surface area contributed by atoms with Gasteiger partial charge >= 0.3 is 0 Å². The second-order valence-corrected chi connectivity index (χ2v) is 8.65. The summed E-state index contributed by atoms with van der Waals surface area (Å²) in [6.45, 7) is 4.57. The Morgan fingerprint density at radius 2 is 1.51 bits per heavy atom. The Morgan fingerprint density at radius 3 is 2.23 bits per heavy atom. The minimum atomic E-state index is -0.169. The summed E-state index contributed by atoms with van der Waals surface area (Å²) in [5.41, 5.74) is 7.15. The molecule has 0 fully saturated rings. The zero-order chi connectivity index (χ0) is 24.2. The summed E-state index contributed by atoms with van der Waals surface area (Å²) < 4.78 is 5.86. The maximum atomic E-state index is 13.5. The van der Waals surface area contributed by atoms with Crippen LogP contribution in [0.15, 0.2) is 103 Å². The normalized spacial score (nSPS) is 10.8. The van der Waals surface area contributed by atoms with Crippen molar-refractivity contribution >= 4 is 22.5 Å². The van der Waals surface area contributed by atoms with Crippen LogP contribution in [-0.2, 0) is 6.61 Å². The number of benzene rings is 4. The number of hydrogen-bond acceptors (Lipinski definition) is 3. The zero-order valence-corrected chi connectivity index (χ0v) is 19.8. The quantitative estimate of drug-likeness (QED) is 0.289. The molecule has 1 amide bonds. The van der Waals surface area contributed by atoms with E-state index in [9.17, 15) is 4.79 Å². The van der Waals surface area contributed by atoms with Gasteiger partial charge in [-0.05, 0) is 61.4 Å². The fourth-order valence-corrected chi connectivity index (χ4v) is 4.20. The molecule has 1 heterocycles. The molecular weight excluding hydrogens is 432 g/mol. The van der Waals surface area contributed by atoms with Gasteiger partial charge in [0.1, 0.15) is 12.4 Å². The van der Waals surface area contributed by atoms with Crippen molar-refractivity contribution in [3.05, 3.63) is 125 Å². The highest BCUT2D eigenvalue weighted by molar-refractivity contribution is 6.13. The largest absolute Gasteiger partial charge is 0.489 e. The molecule has 0 bridgehead atoms. The van der Waals surface area contributed by atoms with Crippen molar-refractivity contribution in [1.82, 2.24) is 4.98 Å². The first-order valence-corrected chi connectivity index (χ1v) is 11.6. The molecule has 0 spiro atoms. The molecule has 1 aromatic heterocycles. The van der Waals surface area contributed by atoms with E-state index < -0.39 is 0 Å². The molecule has 35 heavy (non-hydrogen) atoms. The summed E-state index contributed by atoms with van der Waals surface area (Å²) >= 11 is 0. The number of carbonyl (C=O) groups excluding carboxylic acids is 1. The lowest BCUT2D eigenvalue weighted by atomic mass is 9.99. The van der Waals surface area contributed by atoms with Crippen molar-refractivity contribution in [2.75, 3.05) is 5.32 Å². The van der Waals surface area contributed by atoms with Crippen LogP contribution in [0.1, 0.15) is 27.0 Å². The van der Waals surface area contributed by atoms with Gasteiger partial charge < -0.3 is 10.1 Å². The smallest absolute Gasteiger partial charge is 0.256 e. The molecule has 5 rings (SSSR count). The maximum absolute atomic E-state index is 13.5. The Balaban J connectivity index is 1.42. The fraction of sp³-hybridized carbons (Fsp3) is 0.0968. The lowest BCUT2D eigenvalue weighted by molar-refractivity contribution is 0.102. The molecule has 0 saturated heterocycles. The molecule has 0 radical (unpaired) electrons. The first-order chi connectivity index (χ1) is 17.1. The Hall–Kier alpha value is -4.44. The number of hydrogen-bond donors (Lipinski definition) is 1. The van der Waals surface area contributed by atoms with Gasteiger partial charge in [0.25, 0.3) is 5.91 Å². The molecular formula is C31H26N2O2. The molecule has 0 aliphatic rings. The maximum Gasteiger partial charge on any atom is 0.256 e. The third-order valence-corrected chi connectivity index (χ3v) is 5.92. The standard InChI is InChI=1S/C31H26N2O2/c1-21-17-22(2)30-27(18-21)28(19-29(33-30)24-11-7-4-8-12-24)31(34)32-25-13-15-26(16-14-25)35-20-23-9-5-3-6-10-23/h3-19H,20H2,1-2H3,(H,32,34). The van der Waals surface area contributed by atoms with E-state index in [2.05, 4.69) is 11.4 Å². The summed E-state index contributed by atoms with van der Waals surface area (Å²) in [6, 6.07) is 33.4. The lowest BCUT2D eigenvalue weighted by Gasteiger charge is -2.13. The van der Waals surface area contributed by atoms with Crippen LogP contribution in [0.5, 0.6) is 5.75 Å². The topological polar surface area (TPSA) is 51.2 Å². The van der Waals surface area contributed by atoms with Gasteiger partial charge in [-0.3, -0.25) is 4.79 Å². The average Bonchev–Trinajstić information content (AvgIpc) is 2.89. The van der Waals surface area contributed by atoms with Crippen LogP contribution in [-0.4, -0.2) is 10.9 Å². The number of anilines is 1. The summed E-state index contributed by atoms with van der Waals surface area (Å²) in [5.74, 6) is 0.580. The van der Waals surface area contributed by atoms with Gasteiger partial charge in [0, 0.05) is 16.6 Å². The third kappa shape index (κ3) is 5.07. The molecule has 1 N–H and O–H groups in total. The molecule has 5 aromatic rings. The predicted octanol–water partition coefficient (Wildman–Crippen LogP) is 7.35. The Kier molecular flexibility index (Phi) is 6.27. The van der Waals surface area contributed by atoms with E-state index in [0.29, 0.717) is 17.9 Å².